The first-order chi connectivity index (χ1) is 3.06. The standard InChI is InChI=1S/C5H15N2.CH4/c1-6-5-7(2,3)4;/h6H,5H2,1-4H3;1H4/q+1;. The lowest BCUT2D eigenvalue weighted by atomic mass is 10.7. The second-order valence-corrected chi connectivity index (χ2v) is 2.80. The maximum absolute atomic E-state index is 3.08. The third-order valence-electron chi connectivity index (χ3n) is 0.632. The molecule has 2 nitrogen and oxygen atoms in total. The van der Waals surface area contributed by atoms with E-state index in [1.807, 2.05) is 7.05 Å². The van der Waals surface area contributed by atoms with E-state index in [-0.39, 0.29) is 7.43 Å². The SMILES string of the molecule is C.CNC[N+](C)(C)C. The Bertz CT molecular complexity index is 45.0. The van der Waals surface area contributed by atoms with Gasteiger partial charge in [-0.25, -0.2) is 0 Å². The highest BCUT2D eigenvalue weighted by atomic mass is 15.3. The summed E-state index contributed by atoms with van der Waals surface area (Å²) in [5.41, 5.74) is 0. The van der Waals surface area contributed by atoms with E-state index in [1.165, 1.54) is 0 Å². The summed E-state index contributed by atoms with van der Waals surface area (Å²) < 4.78 is 0.983. The zero-order chi connectivity index (χ0) is 5.91. The highest BCUT2D eigenvalue weighted by molar-refractivity contribution is 4.14. The van der Waals surface area contributed by atoms with E-state index in [2.05, 4.69) is 26.5 Å². The Morgan fingerprint density at radius 3 is 1.62 bits per heavy atom. The minimum Gasteiger partial charge on any atom is -0.319 e. The van der Waals surface area contributed by atoms with Gasteiger partial charge in [0.2, 0.25) is 0 Å². The minimum absolute atomic E-state index is 0. The second-order valence-electron chi connectivity index (χ2n) is 2.80. The summed E-state index contributed by atoms with van der Waals surface area (Å²) in [6.45, 7) is 1.03. The van der Waals surface area contributed by atoms with Crippen LogP contribution >= 0.6 is 0 Å². The highest BCUT2D eigenvalue weighted by Gasteiger charge is 2.00. The van der Waals surface area contributed by atoms with Gasteiger partial charge in [0, 0.05) is 0 Å². The Hall–Kier alpha value is -0.0800. The molecule has 0 aromatic heterocycles. The number of hydrogen-bond donors (Lipinski definition) is 1. The number of rotatable bonds is 2. The number of hydrogen-bond acceptors (Lipinski definition) is 1. The Kier molecular flexibility index (Phi) is 5.23. The van der Waals surface area contributed by atoms with Crippen LogP contribution in [0, 0.1) is 0 Å². The second kappa shape index (κ2) is 3.87. The summed E-state index contributed by atoms with van der Waals surface area (Å²) >= 11 is 0. The van der Waals surface area contributed by atoms with Gasteiger partial charge in [-0.3, -0.25) is 5.32 Å². The molecule has 0 aliphatic heterocycles. The van der Waals surface area contributed by atoms with Gasteiger partial charge >= 0.3 is 0 Å². The summed E-state index contributed by atoms with van der Waals surface area (Å²) in [4.78, 5) is 0. The zero-order valence-electron chi connectivity index (χ0n) is 5.65. The van der Waals surface area contributed by atoms with Crippen LogP contribution in [0.3, 0.4) is 0 Å². The third kappa shape index (κ3) is 9.33. The summed E-state index contributed by atoms with van der Waals surface area (Å²) in [7, 11) is 8.41. The Labute approximate surface area is 53.1 Å². The first kappa shape index (κ1) is 10.8. The molecule has 0 radical (unpaired) electrons. The zero-order valence-corrected chi connectivity index (χ0v) is 5.65. The van der Waals surface area contributed by atoms with Crippen molar-refractivity contribution in [1.29, 1.82) is 0 Å². The van der Waals surface area contributed by atoms with E-state index in [1.54, 1.807) is 0 Å². The average molecular weight is 119 g/mol. The molecule has 0 aromatic carbocycles. The fourth-order valence-corrected chi connectivity index (χ4v) is 0.474. The van der Waals surface area contributed by atoms with Crippen LogP contribution in [0.5, 0.6) is 0 Å². The third-order valence-corrected chi connectivity index (χ3v) is 0.632. The molecule has 0 bridgehead atoms. The molecule has 0 atom stereocenters. The van der Waals surface area contributed by atoms with Crippen LogP contribution in [0.1, 0.15) is 7.43 Å². The predicted molar refractivity (Wildman–Crippen MR) is 38.7 cm³/mol. The molecule has 0 spiro atoms. The highest BCUT2D eigenvalue weighted by Crippen LogP contribution is 1.81. The molecule has 0 saturated heterocycles. The monoisotopic (exact) mass is 119 g/mol. The molecule has 8 heavy (non-hydrogen) atoms. The van der Waals surface area contributed by atoms with Crippen LogP contribution in [0.15, 0.2) is 0 Å². The molecule has 1 N–H and O–H groups in total. The van der Waals surface area contributed by atoms with E-state index >= 15 is 0 Å². The molecule has 0 aliphatic carbocycles. The van der Waals surface area contributed by atoms with Crippen molar-refractivity contribution in [2.45, 2.75) is 7.43 Å². The fraction of sp³-hybridized carbons (Fsp3) is 1.00. The van der Waals surface area contributed by atoms with Crippen LogP contribution < -0.4 is 5.32 Å². The summed E-state index contributed by atoms with van der Waals surface area (Å²) in [5, 5.41) is 3.08. The van der Waals surface area contributed by atoms with E-state index < -0.39 is 0 Å². The molecule has 0 unspecified atom stereocenters. The van der Waals surface area contributed by atoms with Gasteiger partial charge in [0.25, 0.3) is 0 Å². The molecule has 0 aromatic rings. The van der Waals surface area contributed by atoms with E-state index in [9.17, 15) is 0 Å². The van der Waals surface area contributed by atoms with Crippen molar-refractivity contribution < 1.29 is 4.48 Å². The van der Waals surface area contributed by atoms with E-state index in [0.717, 1.165) is 11.2 Å². The van der Waals surface area contributed by atoms with Crippen LogP contribution in [-0.4, -0.2) is 39.3 Å². The fourth-order valence-electron chi connectivity index (χ4n) is 0.474. The maximum atomic E-state index is 3.08. The maximum Gasteiger partial charge on any atom is 0.131 e. The van der Waals surface area contributed by atoms with E-state index in [0.29, 0.717) is 0 Å². The topological polar surface area (TPSA) is 12.0 Å². The number of quaternary nitrogens is 1. The van der Waals surface area contributed by atoms with Crippen molar-refractivity contribution in [2.75, 3.05) is 34.9 Å². The minimum atomic E-state index is 0. The van der Waals surface area contributed by atoms with Gasteiger partial charge in [-0.15, -0.1) is 0 Å². The molecule has 2 heteroatoms. The first-order valence-corrected chi connectivity index (χ1v) is 2.51. The normalized spacial score (nSPS) is 10.5. The average Bonchev–Trinajstić information content (AvgIpc) is 1.30. The first-order valence-electron chi connectivity index (χ1n) is 2.51. The molecule has 52 valence electrons. The lowest BCUT2D eigenvalue weighted by Gasteiger charge is -2.22. The molecular formula is C6H19N2+. The molecule has 0 amide bonds. The van der Waals surface area contributed by atoms with Gasteiger partial charge in [-0.05, 0) is 7.05 Å². The summed E-state index contributed by atoms with van der Waals surface area (Å²) in [6, 6.07) is 0. The largest absolute Gasteiger partial charge is 0.319 e. The molecule has 0 fully saturated rings. The Balaban J connectivity index is 0. The van der Waals surface area contributed by atoms with Gasteiger partial charge in [-0.1, -0.05) is 7.43 Å². The van der Waals surface area contributed by atoms with Crippen LogP contribution in [0.25, 0.3) is 0 Å². The van der Waals surface area contributed by atoms with Crippen molar-refractivity contribution in [3.63, 3.8) is 0 Å². The lowest BCUT2D eigenvalue weighted by molar-refractivity contribution is -0.872. The van der Waals surface area contributed by atoms with Crippen molar-refractivity contribution >= 4 is 0 Å². The Morgan fingerprint density at radius 1 is 1.25 bits per heavy atom. The number of nitrogens with zero attached hydrogens (tertiary/aromatic N) is 1. The van der Waals surface area contributed by atoms with Gasteiger partial charge < -0.3 is 4.48 Å². The van der Waals surface area contributed by atoms with Gasteiger partial charge in [0.1, 0.15) is 6.67 Å². The van der Waals surface area contributed by atoms with E-state index in [4.69, 9.17) is 0 Å². The van der Waals surface area contributed by atoms with Crippen molar-refractivity contribution in [3.05, 3.63) is 0 Å². The van der Waals surface area contributed by atoms with Crippen molar-refractivity contribution in [3.8, 4) is 0 Å². The van der Waals surface area contributed by atoms with Crippen molar-refractivity contribution in [1.82, 2.24) is 5.32 Å². The number of nitrogens with one attached hydrogen (secondary N) is 1. The van der Waals surface area contributed by atoms with Crippen LogP contribution in [-0.2, 0) is 0 Å². The van der Waals surface area contributed by atoms with Gasteiger partial charge in [0.05, 0.1) is 21.1 Å². The summed E-state index contributed by atoms with van der Waals surface area (Å²) in [5.74, 6) is 0. The van der Waals surface area contributed by atoms with Gasteiger partial charge in [0.15, 0.2) is 0 Å². The summed E-state index contributed by atoms with van der Waals surface area (Å²) in [6.07, 6.45) is 0. The molecule has 0 rings (SSSR count). The lowest BCUT2D eigenvalue weighted by Crippen LogP contribution is -2.41. The van der Waals surface area contributed by atoms with Crippen LogP contribution in [0.4, 0.5) is 0 Å². The van der Waals surface area contributed by atoms with Crippen LogP contribution in [0.2, 0.25) is 0 Å². The Morgan fingerprint density at radius 2 is 1.62 bits per heavy atom. The predicted octanol–water partition coefficient (Wildman–Crippen LogP) is 0.506. The molecule has 0 saturated carbocycles. The molecule has 0 heterocycles. The molecular weight excluding hydrogens is 100 g/mol. The molecule has 0 aliphatic rings. The van der Waals surface area contributed by atoms with Crippen molar-refractivity contribution in [2.24, 2.45) is 0 Å². The smallest absolute Gasteiger partial charge is 0.131 e. The van der Waals surface area contributed by atoms with Gasteiger partial charge in [-0.2, -0.15) is 0 Å². The quantitative estimate of drug-likeness (QED) is 0.412.